The largest absolute Gasteiger partial charge is 0.352 e. The molecule has 2 aromatic heterocycles. The molecule has 3 rings (SSSR count). The highest BCUT2D eigenvalue weighted by Crippen LogP contribution is 2.30. The van der Waals surface area contributed by atoms with Gasteiger partial charge in [0.2, 0.25) is 11.8 Å². The summed E-state index contributed by atoms with van der Waals surface area (Å²) >= 11 is 0. The number of amides is 3. The van der Waals surface area contributed by atoms with Crippen LogP contribution in [0.5, 0.6) is 0 Å². The summed E-state index contributed by atoms with van der Waals surface area (Å²) in [4.78, 5) is 34.5. The van der Waals surface area contributed by atoms with Crippen LogP contribution in [0.1, 0.15) is 56.4 Å². The van der Waals surface area contributed by atoms with Crippen LogP contribution >= 0.6 is 0 Å². The number of pyridine rings is 1. The third-order valence-electron chi connectivity index (χ3n) is 4.49. The summed E-state index contributed by atoms with van der Waals surface area (Å²) < 4.78 is 5.29. The Labute approximate surface area is 163 Å². The van der Waals surface area contributed by atoms with Crippen molar-refractivity contribution < 1.29 is 14.1 Å². The van der Waals surface area contributed by atoms with E-state index in [4.69, 9.17) is 4.52 Å². The molecule has 1 aliphatic rings. The van der Waals surface area contributed by atoms with Crippen molar-refractivity contribution in [1.82, 2.24) is 30.7 Å². The normalized spacial score (nSPS) is 16.4. The number of aromatic nitrogens is 3. The van der Waals surface area contributed by atoms with Gasteiger partial charge in [0.05, 0.1) is 6.04 Å². The van der Waals surface area contributed by atoms with E-state index < -0.39 is 0 Å². The van der Waals surface area contributed by atoms with Gasteiger partial charge in [-0.25, -0.2) is 4.79 Å². The van der Waals surface area contributed by atoms with Crippen LogP contribution in [0, 0.1) is 0 Å². The van der Waals surface area contributed by atoms with E-state index in [1.165, 1.54) is 0 Å². The average Bonchev–Trinajstić information content (AvgIpc) is 3.34. The maximum Gasteiger partial charge on any atom is 0.318 e. The molecule has 28 heavy (non-hydrogen) atoms. The molecule has 0 saturated carbocycles. The van der Waals surface area contributed by atoms with Crippen molar-refractivity contribution >= 4 is 11.9 Å². The SMILES string of the molecule is CC(C)NC(=O)N1CCCC1c1noc(CCC(=O)NCc2cccnc2)n1. The molecule has 9 heteroatoms. The second-order valence-corrected chi connectivity index (χ2v) is 7.14. The maximum absolute atomic E-state index is 12.3. The lowest BCUT2D eigenvalue weighted by atomic mass is 10.2. The first-order chi connectivity index (χ1) is 13.5. The van der Waals surface area contributed by atoms with Gasteiger partial charge in [-0.2, -0.15) is 4.98 Å². The maximum atomic E-state index is 12.3. The summed E-state index contributed by atoms with van der Waals surface area (Å²) in [5, 5.41) is 9.78. The lowest BCUT2D eigenvalue weighted by Crippen LogP contribution is -2.42. The van der Waals surface area contributed by atoms with Gasteiger partial charge in [0.1, 0.15) is 0 Å². The zero-order valence-electron chi connectivity index (χ0n) is 16.2. The Hall–Kier alpha value is -2.97. The van der Waals surface area contributed by atoms with Crippen LogP contribution in [0.4, 0.5) is 4.79 Å². The molecule has 2 N–H and O–H groups in total. The molecule has 0 bridgehead atoms. The molecule has 2 aromatic rings. The van der Waals surface area contributed by atoms with Crippen LogP contribution in [0.2, 0.25) is 0 Å². The van der Waals surface area contributed by atoms with E-state index in [1.807, 2.05) is 26.0 Å². The number of urea groups is 1. The van der Waals surface area contributed by atoms with Crippen LogP contribution in [-0.2, 0) is 17.8 Å². The molecule has 1 unspecified atom stereocenters. The Morgan fingerprint density at radius 1 is 1.39 bits per heavy atom. The molecule has 1 aliphatic heterocycles. The van der Waals surface area contributed by atoms with Gasteiger partial charge in [0, 0.05) is 44.4 Å². The van der Waals surface area contributed by atoms with E-state index >= 15 is 0 Å². The number of nitrogens with one attached hydrogen (secondary N) is 2. The van der Waals surface area contributed by atoms with Crippen molar-refractivity contribution in [2.45, 2.75) is 58.2 Å². The Bertz CT molecular complexity index is 792. The van der Waals surface area contributed by atoms with E-state index in [1.54, 1.807) is 17.3 Å². The van der Waals surface area contributed by atoms with Crippen LogP contribution in [-0.4, -0.2) is 44.5 Å². The highest BCUT2D eigenvalue weighted by Gasteiger charge is 2.33. The van der Waals surface area contributed by atoms with Crippen LogP contribution in [0.25, 0.3) is 0 Å². The van der Waals surface area contributed by atoms with Gasteiger partial charge in [0.25, 0.3) is 0 Å². The van der Waals surface area contributed by atoms with Crippen molar-refractivity contribution in [2.75, 3.05) is 6.54 Å². The van der Waals surface area contributed by atoms with Crippen molar-refractivity contribution in [3.8, 4) is 0 Å². The fraction of sp³-hybridized carbons (Fsp3) is 0.526. The van der Waals surface area contributed by atoms with E-state index in [0.717, 1.165) is 18.4 Å². The van der Waals surface area contributed by atoms with Crippen LogP contribution in [0.15, 0.2) is 29.0 Å². The third kappa shape index (κ3) is 5.28. The first-order valence-electron chi connectivity index (χ1n) is 9.58. The number of carbonyl (C=O) groups is 2. The number of aryl methyl sites for hydroxylation is 1. The summed E-state index contributed by atoms with van der Waals surface area (Å²) in [5.41, 5.74) is 0.942. The molecule has 9 nitrogen and oxygen atoms in total. The molecule has 1 fully saturated rings. The van der Waals surface area contributed by atoms with Gasteiger partial charge in [-0.05, 0) is 38.3 Å². The second-order valence-electron chi connectivity index (χ2n) is 7.14. The van der Waals surface area contributed by atoms with E-state index in [-0.39, 0.29) is 30.4 Å². The lowest BCUT2D eigenvalue weighted by molar-refractivity contribution is -0.121. The topological polar surface area (TPSA) is 113 Å². The summed E-state index contributed by atoms with van der Waals surface area (Å²) in [7, 11) is 0. The summed E-state index contributed by atoms with van der Waals surface area (Å²) in [6, 6.07) is 3.50. The predicted octanol–water partition coefficient (Wildman–Crippen LogP) is 1.97. The standard InChI is InChI=1S/C19H26N6O3/c1-13(2)22-19(27)25-10-4-6-15(25)18-23-17(28-24-18)8-7-16(26)21-12-14-5-3-9-20-11-14/h3,5,9,11,13,15H,4,6-8,10,12H2,1-2H3,(H,21,26)(H,22,27). The van der Waals surface area contributed by atoms with Crippen molar-refractivity contribution in [1.29, 1.82) is 0 Å². The second kappa shape index (κ2) is 9.29. The van der Waals surface area contributed by atoms with E-state index in [0.29, 0.717) is 31.2 Å². The third-order valence-corrected chi connectivity index (χ3v) is 4.49. The Balaban J connectivity index is 1.49. The number of carbonyl (C=O) groups excluding carboxylic acids is 2. The fourth-order valence-corrected chi connectivity index (χ4v) is 3.13. The molecule has 3 heterocycles. The number of nitrogens with zero attached hydrogens (tertiary/aromatic N) is 4. The highest BCUT2D eigenvalue weighted by atomic mass is 16.5. The lowest BCUT2D eigenvalue weighted by Gasteiger charge is -2.23. The molecule has 0 aromatic carbocycles. The molecule has 3 amide bonds. The van der Waals surface area contributed by atoms with Crippen LogP contribution < -0.4 is 10.6 Å². The molecular weight excluding hydrogens is 360 g/mol. The minimum Gasteiger partial charge on any atom is -0.352 e. The summed E-state index contributed by atoms with van der Waals surface area (Å²) in [6.07, 6.45) is 5.72. The highest BCUT2D eigenvalue weighted by molar-refractivity contribution is 5.76. The smallest absolute Gasteiger partial charge is 0.318 e. The minimum absolute atomic E-state index is 0.0692. The van der Waals surface area contributed by atoms with Gasteiger partial charge >= 0.3 is 6.03 Å². The van der Waals surface area contributed by atoms with Crippen molar-refractivity contribution in [2.24, 2.45) is 0 Å². The monoisotopic (exact) mass is 386 g/mol. The zero-order chi connectivity index (χ0) is 19.9. The quantitative estimate of drug-likeness (QED) is 0.752. The van der Waals surface area contributed by atoms with Crippen molar-refractivity contribution in [3.05, 3.63) is 41.8 Å². The number of likely N-dealkylation sites (tertiary alicyclic amines) is 1. The van der Waals surface area contributed by atoms with Gasteiger partial charge in [-0.15, -0.1) is 0 Å². The molecule has 150 valence electrons. The molecule has 1 saturated heterocycles. The van der Waals surface area contributed by atoms with Gasteiger partial charge in [-0.3, -0.25) is 9.78 Å². The summed E-state index contributed by atoms with van der Waals surface area (Å²) in [5.74, 6) is 0.812. The van der Waals surface area contributed by atoms with Gasteiger partial charge < -0.3 is 20.1 Å². The molecule has 0 aliphatic carbocycles. The molecule has 0 spiro atoms. The van der Waals surface area contributed by atoms with Gasteiger partial charge in [0.15, 0.2) is 5.82 Å². The average molecular weight is 386 g/mol. The fourth-order valence-electron chi connectivity index (χ4n) is 3.13. The van der Waals surface area contributed by atoms with Gasteiger partial charge in [-0.1, -0.05) is 11.2 Å². The Morgan fingerprint density at radius 2 is 2.25 bits per heavy atom. The van der Waals surface area contributed by atoms with Crippen LogP contribution in [0.3, 0.4) is 0 Å². The molecular formula is C19H26N6O3. The Morgan fingerprint density at radius 3 is 3.00 bits per heavy atom. The first-order valence-corrected chi connectivity index (χ1v) is 9.58. The summed E-state index contributed by atoms with van der Waals surface area (Å²) in [6.45, 7) is 4.96. The van der Waals surface area contributed by atoms with Crippen molar-refractivity contribution in [3.63, 3.8) is 0 Å². The first kappa shape index (κ1) is 19.8. The molecule has 0 radical (unpaired) electrons. The minimum atomic E-state index is -0.185. The number of hydrogen-bond acceptors (Lipinski definition) is 6. The zero-order valence-corrected chi connectivity index (χ0v) is 16.2. The number of hydrogen-bond donors (Lipinski definition) is 2. The number of rotatable bonds is 7. The predicted molar refractivity (Wildman–Crippen MR) is 101 cm³/mol. The van der Waals surface area contributed by atoms with E-state index in [2.05, 4.69) is 25.8 Å². The molecule has 1 atom stereocenters. The van der Waals surface area contributed by atoms with E-state index in [9.17, 15) is 9.59 Å². The Kier molecular flexibility index (Phi) is 6.57.